The molecule has 24 heavy (non-hydrogen) atoms. The molecule has 0 unspecified atom stereocenters. The number of hydrogen-bond donors (Lipinski definition) is 0. The van der Waals surface area contributed by atoms with Crippen molar-refractivity contribution in [1.82, 2.24) is 0 Å². The lowest BCUT2D eigenvalue weighted by atomic mass is 9.66. The molecule has 0 radical (unpaired) electrons. The largest absolute Gasteiger partial charge is 0.469 e. The van der Waals surface area contributed by atoms with E-state index in [4.69, 9.17) is 17.7 Å². The van der Waals surface area contributed by atoms with Crippen LogP contribution in [0.15, 0.2) is 85.2 Å². The first-order valence-electron chi connectivity index (χ1n) is 8.09. The molecule has 0 saturated heterocycles. The minimum atomic E-state index is -0.460. The molecule has 4 heteroatoms. The molecule has 0 N–H and O–H groups in total. The Kier molecular flexibility index (Phi) is 2.86. The van der Waals surface area contributed by atoms with Crippen LogP contribution in [0, 0.1) is 0 Å². The van der Waals surface area contributed by atoms with E-state index in [9.17, 15) is 0 Å². The normalized spacial score (nSPS) is 19.2. The molecule has 1 aliphatic rings. The van der Waals surface area contributed by atoms with Gasteiger partial charge >= 0.3 is 0 Å². The van der Waals surface area contributed by atoms with Crippen LogP contribution in [-0.2, 0) is 5.41 Å². The highest BCUT2D eigenvalue weighted by molar-refractivity contribution is 5.49. The Hall–Kier alpha value is -2.88. The zero-order valence-corrected chi connectivity index (χ0v) is 13.0. The Morgan fingerprint density at radius 1 is 0.750 bits per heavy atom. The molecular weight excluding hydrogens is 304 g/mol. The van der Waals surface area contributed by atoms with Crippen LogP contribution in [0.4, 0.5) is 0 Å². The van der Waals surface area contributed by atoms with E-state index >= 15 is 0 Å². The second-order valence-electron chi connectivity index (χ2n) is 6.17. The Morgan fingerprint density at radius 3 is 2.08 bits per heavy atom. The Morgan fingerprint density at radius 2 is 1.46 bits per heavy atom. The van der Waals surface area contributed by atoms with E-state index in [2.05, 4.69) is 0 Å². The van der Waals surface area contributed by atoms with Crippen molar-refractivity contribution in [2.75, 3.05) is 0 Å². The minimum absolute atomic E-state index is 0.114. The van der Waals surface area contributed by atoms with Crippen LogP contribution in [0.3, 0.4) is 0 Å². The maximum Gasteiger partial charge on any atom is 0.122 e. The average Bonchev–Trinajstić information content (AvgIpc) is 3.44. The summed E-state index contributed by atoms with van der Waals surface area (Å²) in [6, 6.07) is 13.8. The smallest absolute Gasteiger partial charge is 0.122 e. The number of furan rings is 4. The molecule has 4 aromatic rings. The van der Waals surface area contributed by atoms with Crippen molar-refractivity contribution in [3.8, 4) is 0 Å². The van der Waals surface area contributed by atoms with Crippen molar-refractivity contribution >= 4 is 0 Å². The minimum Gasteiger partial charge on any atom is -0.469 e. The second-order valence-corrected chi connectivity index (χ2v) is 6.17. The summed E-state index contributed by atoms with van der Waals surface area (Å²) in [5.74, 6) is 3.71. The quantitative estimate of drug-likeness (QED) is 0.513. The lowest BCUT2D eigenvalue weighted by molar-refractivity contribution is 0.295. The Balaban J connectivity index is 1.74. The van der Waals surface area contributed by atoms with Gasteiger partial charge in [-0.25, -0.2) is 0 Å². The highest BCUT2D eigenvalue weighted by Crippen LogP contribution is 2.53. The summed E-state index contributed by atoms with van der Waals surface area (Å²) in [6.07, 6.45) is 8.60. The molecular formula is C20H16O4. The third-order valence-corrected chi connectivity index (χ3v) is 5.05. The number of rotatable bonds is 3. The molecule has 0 spiro atoms. The summed E-state index contributed by atoms with van der Waals surface area (Å²) >= 11 is 0. The average molecular weight is 320 g/mol. The first kappa shape index (κ1) is 13.5. The van der Waals surface area contributed by atoms with E-state index in [0.29, 0.717) is 0 Å². The van der Waals surface area contributed by atoms with Gasteiger partial charge in [0.25, 0.3) is 0 Å². The molecule has 0 fully saturated rings. The van der Waals surface area contributed by atoms with E-state index in [1.165, 1.54) is 0 Å². The van der Waals surface area contributed by atoms with Gasteiger partial charge < -0.3 is 17.7 Å². The molecule has 1 atom stereocenters. The van der Waals surface area contributed by atoms with Crippen LogP contribution in [0.1, 0.15) is 47.4 Å². The highest BCUT2D eigenvalue weighted by Gasteiger charge is 2.49. The zero-order chi connectivity index (χ0) is 16.0. The lowest BCUT2D eigenvalue weighted by Gasteiger charge is -2.36. The maximum atomic E-state index is 5.90. The molecule has 4 nitrogen and oxygen atoms in total. The van der Waals surface area contributed by atoms with Crippen molar-refractivity contribution < 1.29 is 17.7 Å². The number of fused-ring (bicyclic) bond motifs is 1. The molecule has 4 heterocycles. The van der Waals surface area contributed by atoms with Crippen molar-refractivity contribution in [3.05, 3.63) is 96.1 Å². The van der Waals surface area contributed by atoms with E-state index in [1.807, 2.05) is 42.5 Å². The fourth-order valence-electron chi connectivity index (χ4n) is 4.01. The highest BCUT2D eigenvalue weighted by atomic mass is 16.4. The summed E-state index contributed by atoms with van der Waals surface area (Å²) in [6.45, 7) is 0. The molecule has 0 aliphatic heterocycles. The van der Waals surface area contributed by atoms with E-state index in [1.54, 1.807) is 25.1 Å². The van der Waals surface area contributed by atoms with Gasteiger partial charge in [0.15, 0.2) is 0 Å². The van der Waals surface area contributed by atoms with Crippen LogP contribution < -0.4 is 0 Å². The van der Waals surface area contributed by atoms with Gasteiger partial charge in [-0.15, -0.1) is 0 Å². The van der Waals surface area contributed by atoms with E-state index in [-0.39, 0.29) is 5.92 Å². The van der Waals surface area contributed by atoms with Gasteiger partial charge in [-0.05, 0) is 55.3 Å². The van der Waals surface area contributed by atoms with Gasteiger partial charge in [0.2, 0.25) is 0 Å². The third kappa shape index (κ3) is 1.74. The molecule has 0 aromatic carbocycles. The first-order chi connectivity index (χ1) is 11.9. The van der Waals surface area contributed by atoms with Crippen LogP contribution in [-0.4, -0.2) is 0 Å². The first-order valence-corrected chi connectivity index (χ1v) is 8.09. The summed E-state index contributed by atoms with van der Waals surface area (Å²) in [4.78, 5) is 0. The van der Waals surface area contributed by atoms with Crippen molar-refractivity contribution in [2.24, 2.45) is 0 Å². The van der Waals surface area contributed by atoms with Gasteiger partial charge in [0.1, 0.15) is 28.5 Å². The molecule has 0 saturated carbocycles. The zero-order valence-electron chi connectivity index (χ0n) is 13.0. The second kappa shape index (κ2) is 5.06. The van der Waals surface area contributed by atoms with Gasteiger partial charge in [-0.2, -0.15) is 0 Å². The fourth-order valence-corrected chi connectivity index (χ4v) is 4.01. The molecule has 0 amide bonds. The van der Waals surface area contributed by atoms with E-state index in [0.717, 1.165) is 41.4 Å². The SMILES string of the molecule is c1coc([C@@H]2CCC(c3ccco3)(c3ccco3)c3ccoc32)c1. The predicted octanol–water partition coefficient (Wildman–Crippen LogP) is 5.32. The van der Waals surface area contributed by atoms with Gasteiger partial charge in [0, 0.05) is 5.56 Å². The van der Waals surface area contributed by atoms with Crippen LogP contribution in [0.5, 0.6) is 0 Å². The Labute approximate surface area is 138 Å². The molecule has 4 aromatic heterocycles. The molecule has 0 bridgehead atoms. The lowest BCUT2D eigenvalue weighted by Crippen LogP contribution is -2.33. The molecule has 1 aliphatic carbocycles. The Bertz CT molecular complexity index is 876. The third-order valence-electron chi connectivity index (χ3n) is 5.05. The van der Waals surface area contributed by atoms with Gasteiger partial charge in [0.05, 0.1) is 31.0 Å². The van der Waals surface area contributed by atoms with Crippen LogP contribution in [0.2, 0.25) is 0 Å². The predicted molar refractivity (Wildman–Crippen MR) is 85.8 cm³/mol. The maximum absolute atomic E-state index is 5.90. The summed E-state index contributed by atoms with van der Waals surface area (Å²) in [7, 11) is 0. The van der Waals surface area contributed by atoms with E-state index < -0.39 is 5.41 Å². The summed E-state index contributed by atoms with van der Waals surface area (Å²) in [5.41, 5.74) is 0.623. The topological polar surface area (TPSA) is 52.6 Å². The van der Waals surface area contributed by atoms with Gasteiger partial charge in [-0.1, -0.05) is 0 Å². The van der Waals surface area contributed by atoms with Crippen molar-refractivity contribution in [3.63, 3.8) is 0 Å². The van der Waals surface area contributed by atoms with Crippen LogP contribution >= 0.6 is 0 Å². The summed E-state index contributed by atoms with van der Waals surface area (Å²) in [5, 5.41) is 0. The van der Waals surface area contributed by atoms with Crippen LogP contribution in [0.25, 0.3) is 0 Å². The standard InChI is InChI=1S/C20H16O4/c1-4-16(21-10-1)14-7-9-20(17-5-2-11-22-17,18-6-3-12-23-18)15-8-13-24-19(14)15/h1-6,8,10-14H,7,9H2/t14-/m0/s1. The van der Waals surface area contributed by atoms with Gasteiger partial charge in [-0.3, -0.25) is 0 Å². The molecule has 5 rings (SSSR count). The van der Waals surface area contributed by atoms with Crippen molar-refractivity contribution in [2.45, 2.75) is 24.2 Å². The number of hydrogen-bond acceptors (Lipinski definition) is 4. The monoisotopic (exact) mass is 320 g/mol. The fraction of sp³-hybridized carbons (Fsp3) is 0.200. The van der Waals surface area contributed by atoms with Crippen molar-refractivity contribution in [1.29, 1.82) is 0 Å². The summed E-state index contributed by atoms with van der Waals surface area (Å²) < 4.78 is 23.2. The molecule has 120 valence electrons.